The molecular formula is C16H19BrN2O. The van der Waals surface area contributed by atoms with Crippen LogP contribution in [0.5, 0.6) is 5.75 Å². The summed E-state index contributed by atoms with van der Waals surface area (Å²) in [6, 6.07) is 9.97. The minimum atomic E-state index is 0.159. The lowest BCUT2D eigenvalue weighted by Gasteiger charge is -2.11. The Labute approximate surface area is 128 Å². The Balaban J connectivity index is 2.43. The van der Waals surface area contributed by atoms with Crippen molar-refractivity contribution in [2.75, 3.05) is 0 Å². The molecule has 2 rings (SSSR count). The number of aromatic nitrogens is 2. The molecule has 3 nitrogen and oxygen atoms in total. The van der Waals surface area contributed by atoms with Gasteiger partial charge in [0, 0.05) is 6.07 Å². The number of hydrogen-bond donors (Lipinski definition) is 0. The second kappa shape index (κ2) is 6.27. The third kappa shape index (κ3) is 3.73. The van der Waals surface area contributed by atoms with Crippen LogP contribution in [0.3, 0.4) is 0 Å². The lowest BCUT2D eigenvalue weighted by molar-refractivity contribution is 0.242. The lowest BCUT2D eigenvalue weighted by Crippen LogP contribution is -2.06. The Morgan fingerprint density at radius 3 is 2.70 bits per heavy atom. The molecule has 1 aromatic heterocycles. The zero-order valence-electron chi connectivity index (χ0n) is 12.2. The quantitative estimate of drug-likeness (QED) is 0.799. The molecule has 1 heterocycles. The third-order valence-corrected chi connectivity index (χ3v) is 2.97. The third-order valence-electron chi connectivity index (χ3n) is 2.58. The van der Waals surface area contributed by atoms with Gasteiger partial charge in [0.1, 0.15) is 10.4 Å². The molecule has 1 aromatic carbocycles. The summed E-state index contributed by atoms with van der Waals surface area (Å²) in [6.45, 7) is 8.19. The van der Waals surface area contributed by atoms with Crippen molar-refractivity contribution in [2.45, 2.75) is 33.8 Å². The SMILES string of the molecule is CC(C)=Cc1cc(Br)nn1-c1cccc(OC(C)C)c1. The van der Waals surface area contributed by atoms with Crippen LogP contribution in [-0.2, 0) is 0 Å². The molecule has 2 aromatic rings. The minimum absolute atomic E-state index is 0.159. The number of halogens is 1. The molecule has 0 aliphatic carbocycles. The molecule has 0 aliphatic heterocycles. The van der Waals surface area contributed by atoms with Crippen molar-refractivity contribution in [3.63, 3.8) is 0 Å². The van der Waals surface area contributed by atoms with E-state index in [9.17, 15) is 0 Å². The summed E-state index contributed by atoms with van der Waals surface area (Å²) in [5.74, 6) is 0.854. The van der Waals surface area contributed by atoms with Crippen LogP contribution in [-0.4, -0.2) is 15.9 Å². The van der Waals surface area contributed by atoms with Crippen molar-refractivity contribution >= 4 is 22.0 Å². The van der Waals surface area contributed by atoms with E-state index in [0.29, 0.717) is 0 Å². The summed E-state index contributed by atoms with van der Waals surface area (Å²) in [5, 5.41) is 4.49. The van der Waals surface area contributed by atoms with Crippen LogP contribution in [0.4, 0.5) is 0 Å². The first-order chi connectivity index (χ1) is 9.45. The van der Waals surface area contributed by atoms with Gasteiger partial charge < -0.3 is 4.74 Å². The average Bonchev–Trinajstić information content (AvgIpc) is 2.68. The van der Waals surface area contributed by atoms with Gasteiger partial charge in [0.15, 0.2) is 0 Å². The summed E-state index contributed by atoms with van der Waals surface area (Å²) < 4.78 is 8.46. The molecule has 0 saturated carbocycles. The fraction of sp³-hybridized carbons (Fsp3) is 0.312. The highest BCUT2D eigenvalue weighted by Gasteiger charge is 2.08. The van der Waals surface area contributed by atoms with E-state index in [1.165, 1.54) is 5.57 Å². The topological polar surface area (TPSA) is 27.1 Å². The van der Waals surface area contributed by atoms with Crippen molar-refractivity contribution < 1.29 is 4.74 Å². The second-order valence-corrected chi connectivity index (χ2v) is 6.00. The first-order valence-electron chi connectivity index (χ1n) is 6.63. The maximum atomic E-state index is 5.74. The Hall–Kier alpha value is -1.55. The van der Waals surface area contributed by atoms with Crippen LogP contribution in [0.1, 0.15) is 33.4 Å². The molecule has 4 heteroatoms. The molecule has 0 radical (unpaired) electrons. The average molecular weight is 335 g/mol. The standard InChI is InChI=1S/C16H19BrN2O/c1-11(2)8-14-10-16(17)18-19(14)13-6-5-7-15(9-13)20-12(3)4/h5-10,12H,1-4H3. The molecule has 0 saturated heterocycles. The van der Waals surface area contributed by atoms with E-state index in [1.807, 2.05) is 48.9 Å². The van der Waals surface area contributed by atoms with Gasteiger partial charge in [-0.25, -0.2) is 4.68 Å². The highest BCUT2D eigenvalue weighted by molar-refractivity contribution is 9.10. The van der Waals surface area contributed by atoms with Crippen molar-refractivity contribution in [2.24, 2.45) is 0 Å². The largest absolute Gasteiger partial charge is 0.491 e. The minimum Gasteiger partial charge on any atom is -0.491 e. The van der Waals surface area contributed by atoms with Crippen molar-refractivity contribution in [1.29, 1.82) is 0 Å². The van der Waals surface area contributed by atoms with E-state index < -0.39 is 0 Å². The van der Waals surface area contributed by atoms with Crippen LogP contribution in [0, 0.1) is 0 Å². The van der Waals surface area contributed by atoms with E-state index in [-0.39, 0.29) is 6.10 Å². The predicted octanol–water partition coefficient (Wildman–Crippen LogP) is 4.85. The summed E-state index contributed by atoms with van der Waals surface area (Å²) >= 11 is 3.44. The number of benzene rings is 1. The van der Waals surface area contributed by atoms with Crippen molar-refractivity contribution in [3.8, 4) is 11.4 Å². The zero-order valence-corrected chi connectivity index (χ0v) is 13.8. The maximum Gasteiger partial charge on any atom is 0.129 e. The van der Waals surface area contributed by atoms with Gasteiger partial charge in [0.25, 0.3) is 0 Å². The Morgan fingerprint density at radius 2 is 2.05 bits per heavy atom. The first kappa shape index (κ1) is 14.9. The van der Waals surface area contributed by atoms with E-state index in [1.54, 1.807) is 0 Å². The first-order valence-corrected chi connectivity index (χ1v) is 7.42. The smallest absolute Gasteiger partial charge is 0.129 e. The summed E-state index contributed by atoms with van der Waals surface area (Å²) in [7, 11) is 0. The van der Waals surface area contributed by atoms with Crippen LogP contribution in [0.2, 0.25) is 0 Å². The maximum absolute atomic E-state index is 5.74. The normalized spacial score (nSPS) is 10.7. The highest BCUT2D eigenvalue weighted by Crippen LogP contribution is 2.22. The molecule has 0 atom stereocenters. The van der Waals surface area contributed by atoms with Crippen molar-refractivity contribution in [3.05, 3.63) is 46.2 Å². The molecule has 0 fully saturated rings. The Kier molecular flexibility index (Phi) is 4.65. The molecule has 106 valence electrons. The number of allylic oxidation sites excluding steroid dienone is 1. The fourth-order valence-corrected chi connectivity index (χ4v) is 2.32. The van der Waals surface area contributed by atoms with Crippen molar-refractivity contribution in [1.82, 2.24) is 9.78 Å². The molecule has 0 amide bonds. The fourth-order valence-electron chi connectivity index (χ4n) is 1.93. The number of rotatable bonds is 4. The summed E-state index contributed by atoms with van der Waals surface area (Å²) in [4.78, 5) is 0. The molecule has 0 bridgehead atoms. The van der Waals surface area contributed by atoms with Gasteiger partial charge >= 0.3 is 0 Å². The predicted molar refractivity (Wildman–Crippen MR) is 86.4 cm³/mol. The van der Waals surface area contributed by atoms with Crippen LogP contribution in [0.15, 0.2) is 40.5 Å². The number of hydrogen-bond acceptors (Lipinski definition) is 2. The van der Waals surface area contributed by atoms with Gasteiger partial charge in [-0.2, -0.15) is 5.10 Å². The Bertz CT molecular complexity index is 625. The van der Waals surface area contributed by atoms with Crippen LogP contribution >= 0.6 is 15.9 Å². The molecule has 20 heavy (non-hydrogen) atoms. The van der Waals surface area contributed by atoms with E-state index in [2.05, 4.69) is 41.0 Å². The number of nitrogens with zero attached hydrogens (tertiary/aromatic N) is 2. The van der Waals surface area contributed by atoms with Gasteiger partial charge in [-0.1, -0.05) is 11.6 Å². The van der Waals surface area contributed by atoms with Gasteiger partial charge in [0.05, 0.1) is 17.5 Å². The Morgan fingerprint density at radius 1 is 1.30 bits per heavy atom. The van der Waals surface area contributed by atoms with Crippen LogP contribution in [0.25, 0.3) is 11.8 Å². The lowest BCUT2D eigenvalue weighted by atomic mass is 10.2. The van der Waals surface area contributed by atoms with Gasteiger partial charge in [-0.3, -0.25) is 0 Å². The van der Waals surface area contributed by atoms with E-state index in [4.69, 9.17) is 4.74 Å². The second-order valence-electron chi connectivity index (χ2n) is 5.19. The van der Waals surface area contributed by atoms with E-state index >= 15 is 0 Å². The van der Waals surface area contributed by atoms with E-state index in [0.717, 1.165) is 21.7 Å². The van der Waals surface area contributed by atoms with Gasteiger partial charge in [0.2, 0.25) is 0 Å². The monoisotopic (exact) mass is 334 g/mol. The zero-order chi connectivity index (χ0) is 14.7. The molecule has 0 N–H and O–H groups in total. The van der Waals surface area contributed by atoms with Gasteiger partial charge in [-0.05, 0) is 67.9 Å². The molecular weight excluding hydrogens is 316 g/mol. The summed E-state index contributed by atoms with van der Waals surface area (Å²) in [6.07, 6.45) is 2.26. The molecule has 0 spiro atoms. The van der Waals surface area contributed by atoms with Crippen LogP contribution < -0.4 is 4.74 Å². The molecule has 0 aliphatic rings. The van der Waals surface area contributed by atoms with Gasteiger partial charge in [-0.15, -0.1) is 0 Å². The molecule has 0 unspecified atom stereocenters. The number of ether oxygens (including phenoxy) is 1. The highest BCUT2D eigenvalue weighted by atomic mass is 79.9. The summed E-state index contributed by atoms with van der Waals surface area (Å²) in [5.41, 5.74) is 3.26.